The number of amides is 1. The first-order valence-electron chi connectivity index (χ1n) is 9.69. The van der Waals surface area contributed by atoms with Crippen LogP contribution in [0.3, 0.4) is 0 Å². The minimum absolute atomic E-state index is 0.0307. The zero-order valence-corrected chi connectivity index (χ0v) is 16.3. The fourth-order valence-electron chi connectivity index (χ4n) is 3.42. The molecule has 8 nitrogen and oxygen atoms in total. The summed E-state index contributed by atoms with van der Waals surface area (Å²) >= 11 is 0. The molecule has 28 heavy (non-hydrogen) atoms. The molecule has 1 aromatic carbocycles. The molecule has 2 fully saturated rings. The number of methoxy groups -OCH3 is 2. The maximum absolute atomic E-state index is 12.2. The maximum atomic E-state index is 12.2. The quantitative estimate of drug-likeness (QED) is 0.702. The maximum Gasteiger partial charge on any atom is 0.234 e. The Morgan fingerprint density at radius 1 is 1.21 bits per heavy atom. The lowest BCUT2D eigenvalue weighted by Crippen LogP contribution is -2.49. The number of hydrogen-bond donors (Lipinski definition) is 1. The molecule has 8 heteroatoms. The summed E-state index contributed by atoms with van der Waals surface area (Å²) in [6.45, 7) is 2.55. The summed E-state index contributed by atoms with van der Waals surface area (Å²) in [4.78, 5) is 18.7. The van der Waals surface area contributed by atoms with Gasteiger partial charge in [-0.05, 0) is 37.0 Å². The number of hydrogen-bond acceptors (Lipinski definition) is 7. The van der Waals surface area contributed by atoms with Gasteiger partial charge in [0.25, 0.3) is 0 Å². The average Bonchev–Trinajstić information content (AvgIpc) is 3.42. The minimum atomic E-state index is 0.0307. The summed E-state index contributed by atoms with van der Waals surface area (Å²) in [6.07, 6.45) is 3.07. The monoisotopic (exact) mass is 386 g/mol. The Balaban J connectivity index is 1.16. The lowest BCUT2D eigenvalue weighted by atomic mass is 10.0. The number of rotatable bonds is 9. The second kappa shape index (κ2) is 8.18. The molecule has 1 N–H and O–H groups in total. The van der Waals surface area contributed by atoms with Gasteiger partial charge in [-0.15, -0.1) is 0 Å². The van der Waals surface area contributed by atoms with E-state index in [0.29, 0.717) is 36.4 Å². The van der Waals surface area contributed by atoms with Gasteiger partial charge in [0.1, 0.15) is 0 Å². The molecule has 150 valence electrons. The third-order valence-corrected chi connectivity index (χ3v) is 5.26. The predicted octanol–water partition coefficient (Wildman–Crippen LogP) is 1.72. The summed E-state index contributed by atoms with van der Waals surface area (Å²) in [5, 5.41) is 7.03. The van der Waals surface area contributed by atoms with E-state index in [9.17, 15) is 4.79 Å². The van der Waals surface area contributed by atoms with Crippen LogP contribution in [0.15, 0.2) is 22.7 Å². The van der Waals surface area contributed by atoms with Crippen LogP contribution in [0.5, 0.6) is 11.5 Å². The van der Waals surface area contributed by atoms with Gasteiger partial charge < -0.3 is 19.3 Å². The van der Waals surface area contributed by atoms with Gasteiger partial charge in [-0.3, -0.25) is 9.69 Å². The van der Waals surface area contributed by atoms with Gasteiger partial charge in [-0.2, -0.15) is 4.98 Å². The van der Waals surface area contributed by atoms with Gasteiger partial charge in [0.05, 0.1) is 26.7 Å². The molecule has 0 bridgehead atoms. The first-order chi connectivity index (χ1) is 13.7. The molecule has 1 aliphatic carbocycles. The van der Waals surface area contributed by atoms with E-state index in [4.69, 9.17) is 14.0 Å². The molecule has 2 heterocycles. The standard InChI is InChI=1S/C20H26N4O4/c1-26-16-6-3-13(9-17(16)27-2)7-8-21-18(25)12-24-10-15(11-24)20-22-19(23-28-20)14-4-5-14/h3,6,9,14-15H,4-5,7-8,10-12H2,1-2H3,(H,21,25). The summed E-state index contributed by atoms with van der Waals surface area (Å²) in [5.74, 6) is 3.75. The summed E-state index contributed by atoms with van der Waals surface area (Å²) in [7, 11) is 3.23. The highest BCUT2D eigenvalue weighted by Crippen LogP contribution is 2.39. The molecule has 0 radical (unpaired) electrons. The van der Waals surface area contributed by atoms with Gasteiger partial charge in [0, 0.05) is 25.6 Å². The van der Waals surface area contributed by atoms with Crippen LogP contribution in [0.1, 0.15) is 42.0 Å². The number of carbonyl (C=O) groups excluding carboxylic acids is 1. The van der Waals surface area contributed by atoms with Crippen LogP contribution >= 0.6 is 0 Å². The van der Waals surface area contributed by atoms with Crippen molar-refractivity contribution in [3.05, 3.63) is 35.5 Å². The molecule has 1 aromatic heterocycles. The van der Waals surface area contributed by atoms with Crippen LogP contribution in [0.2, 0.25) is 0 Å². The average molecular weight is 386 g/mol. The number of likely N-dealkylation sites (tertiary alicyclic amines) is 1. The van der Waals surface area contributed by atoms with Gasteiger partial charge >= 0.3 is 0 Å². The highest BCUT2D eigenvalue weighted by Gasteiger charge is 2.35. The molecule has 1 amide bonds. The molecular formula is C20H26N4O4. The van der Waals surface area contributed by atoms with E-state index in [2.05, 4.69) is 20.4 Å². The van der Waals surface area contributed by atoms with Gasteiger partial charge in [0.2, 0.25) is 11.8 Å². The number of nitrogens with zero attached hydrogens (tertiary/aromatic N) is 3. The number of benzene rings is 1. The molecular weight excluding hydrogens is 360 g/mol. The first-order valence-corrected chi connectivity index (χ1v) is 9.69. The molecule has 1 saturated carbocycles. The summed E-state index contributed by atoms with van der Waals surface area (Å²) in [5.41, 5.74) is 1.09. The van der Waals surface area contributed by atoms with E-state index in [1.165, 1.54) is 12.8 Å². The summed E-state index contributed by atoms with van der Waals surface area (Å²) < 4.78 is 15.9. The number of ether oxygens (including phenoxy) is 2. The van der Waals surface area contributed by atoms with Crippen LogP contribution in [0.4, 0.5) is 0 Å². The largest absolute Gasteiger partial charge is 0.493 e. The smallest absolute Gasteiger partial charge is 0.234 e. The fourth-order valence-corrected chi connectivity index (χ4v) is 3.42. The first kappa shape index (κ1) is 18.7. The fraction of sp³-hybridized carbons (Fsp3) is 0.550. The predicted molar refractivity (Wildman–Crippen MR) is 102 cm³/mol. The molecule has 2 aromatic rings. The zero-order valence-electron chi connectivity index (χ0n) is 16.3. The Bertz CT molecular complexity index is 827. The Labute approximate surface area is 164 Å². The van der Waals surface area contributed by atoms with Crippen LogP contribution in [-0.4, -0.2) is 61.3 Å². The van der Waals surface area contributed by atoms with E-state index < -0.39 is 0 Å². The van der Waals surface area contributed by atoms with Gasteiger partial charge in [0.15, 0.2) is 17.3 Å². The molecule has 4 rings (SSSR count). The van der Waals surface area contributed by atoms with E-state index >= 15 is 0 Å². The van der Waals surface area contributed by atoms with Crippen molar-refractivity contribution in [2.24, 2.45) is 0 Å². The van der Waals surface area contributed by atoms with Gasteiger partial charge in [-0.1, -0.05) is 11.2 Å². The van der Waals surface area contributed by atoms with Gasteiger partial charge in [-0.25, -0.2) is 0 Å². The van der Waals surface area contributed by atoms with Crippen molar-refractivity contribution >= 4 is 5.91 Å². The van der Waals surface area contributed by atoms with Crippen molar-refractivity contribution in [1.29, 1.82) is 0 Å². The van der Waals surface area contributed by atoms with Crippen molar-refractivity contribution in [3.63, 3.8) is 0 Å². The van der Waals surface area contributed by atoms with Crippen molar-refractivity contribution in [1.82, 2.24) is 20.4 Å². The van der Waals surface area contributed by atoms with E-state index in [0.717, 1.165) is 30.9 Å². The SMILES string of the molecule is COc1ccc(CCNC(=O)CN2CC(c3nc(C4CC4)no3)C2)cc1OC. The minimum Gasteiger partial charge on any atom is -0.493 e. The third-order valence-electron chi connectivity index (χ3n) is 5.26. The zero-order chi connectivity index (χ0) is 19.5. The van der Waals surface area contributed by atoms with Crippen LogP contribution in [0.25, 0.3) is 0 Å². The molecule has 0 atom stereocenters. The number of aromatic nitrogens is 2. The molecule has 0 spiro atoms. The highest BCUT2D eigenvalue weighted by atomic mass is 16.5. The normalized spacial score (nSPS) is 17.2. The number of carbonyl (C=O) groups is 1. The second-order valence-corrected chi connectivity index (χ2v) is 7.45. The lowest BCUT2D eigenvalue weighted by molar-refractivity contribution is -0.123. The topological polar surface area (TPSA) is 89.7 Å². The highest BCUT2D eigenvalue weighted by molar-refractivity contribution is 5.78. The molecule has 2 aliphatic rings. The molecule has 1 aliphatic heterocycles. The van der Waals surface area contributed by atoms with Crippen molar-refractivity contribution < 1.29 is 18.8 Å². The van der Waals surface area contributed by atoms with Crippen LogP contribution in [-0.2, 0) is 11.2 Å². The Kier molecular flexibility index (Phi) is 5.47. The van der Waals surface area contributed by atoms with E-state index in [1.54, 1.807) is 14.2 Å². The van der Waals surface area contributed by atoms with Crippen molar-refractivity contribution in [2.75, 3.05) is 40.4 Å². The molecule has 1 saturated heterocycles. The Morgan fingerprint density at radius 2 is 2.00 bits per heavy atom. The second-order valence-electron chi connectivity index (χ2n) is 7.45. The van der Waals surface area contributed by atoms with E-state index in [1.807, 2.05) is 18.2 Å². The number of nitrogens with one attached hydrogen (secondary N) is 1. The van der Waals surface area contributed by atoms with Crippen LogP contribution in [0, 0.1) is 0 Å². The Morgan fingerprint density at radius 3 is 2.71 bits per heavy atom. The molecule has 0 unspecified atom stereocenters. The van der Waals surface area contributed by atoms with Crippen molar-refractivity contribution in [3.8, 4) is 11.5 Å². The Hall–Kier alpha value is -2.61. The third kappa shape index (κ3) is 4.27. The van der Waals surface area contributed by atoms with Crippen molar-refractivity contribution in [2.45, 2.75) is 31.1 Å². The van der Waals surface area contributed by atoms with Crippen LogP contribution < -0.4 is 14.8 Å². The lowest BCUT2D eigenvalue weighted by Gasteiger charge is -2.36. The van der Waals surface area contributed by atoms with E-state index in [-0.39, 0.29) is 11.8 Å². The summed E-state index contributed by atoms with van der Waals surface area (Å²) in [6, 6.07) is 5.79.